The van der Waals surface area contributed by atoms with Gasteiger partial charge in [0.2, 0.25) is 0 Å². The molecule has 0 spiro atoms. The second-order valence-electron chi connectivity index (χ2n) is 6.10. The minimum Gasteiger partial charge on any atom is -0.465 e. The zero-order valence-electron chi connectivity index (χ0n) is 13.5. The third kappa shape index (κ3) is 3.48. The molecule has 1 aliphatic heterocycles. The minimum absolute atomic E-state index is 0.186. The van der Waals surface area contributed by atoms with Crippen molar-refractivity contribution < 1.29 is 19.1 Å². The van der Waals surface area contributed by atoms with Crippen molar-refractivity contribution in [3.05, 3.63) is 58.5 Å². The van der Waals surface area contributed by atoms with Crippen LogP contribution in [0.25, 0.3) is 0 Å². The predicted molar refractivity (Wildman–Crippen MR) is 89.9 cm³/mol. The van der Waals surface area contributed by atoms with Crippen LogP contribution in [-0.4, -0.2) is 36.2 Å². The molecule has 0 aliphatic carbocycles. The number of carbonyl (C=O) groups is 1. The molecule has 0 saturated carbocycles. The highest BCUT2D eigenvalue weighted by molar-refractivity contribution is 6.30. The zero-order valence-corrected chi connectivity index (χ0v) is 14.3. The van der Waals surface area contributed by atoms with Gasteiger partial charge in [-0.15, -0.1) is 0 Å². The highest BCUT2D eigenvalue weighted by Crippen LogP contribution is 2.35. The first-order valence-corrected chi connectivity index (χ1v) is 8.25. The Bertz CT molecular complexity index is 704. The summed E-state index contributed by atoms with van der Waals surface area (Å²) in [6.07, 6.45) is 2.29. The van der Waals surface area contributed by atoms with Gasteiger partial charge in [-0.3, -0.25) is 4.79 Å². The normalized spacial score (nSPS) is 16.8. The molecule has 1 aromatic carbocycles. The molecule has 0 unspecified atom stereocenters. The number of nitrogens with zero attached hydrogens (tertiary/aromatic N) is 1. The molecule has 128 valence electrons. The number of amides is 1. The van der Waals surface area contributed by atoms with E-state index in [1.807, 2.05) is 12.1 Å². The summed E-state index contributed by atoms with van der Waals surface area (Å²) >= 11 is 5.88. The molecule has 24 heavy (non-hydrogen) atoms. The van der Waals surface area contributed by atoms with Crippen molar-refractivity contribution in [2.45, 2.75) is 25.0 Å². The topological polar surface area (TPSA) is 62.9 Å². The molecule has 0 radical (unpaired) electrons. The number of hydrogen-bond donors (Lipinski definition) is 1. The number of halogens is 1. The van der Waals surface area contributed by atoms with Gasteiger partial charge in [0.25, 0.3) is 5.91 Å². The fraction of sp³-hybridized carbons (Fsp3) is 0.389. The average Bonchev–Trinajstić information content (AvgIpc) is 3.07. The molecular formula is C18H20ClNO4. The van der Waals surface area contributed by atoms with Gasteiger partial charge < -0.3 is 19.2 Å². The summed E-state index contributed by atoms with van der Waals surface area (Å²) in [5.74, 6) is 0.146. The Balaban J connectivity index is 1.77. The molecule has 6 heteroatoms. The molecule has 2 aromatic rings. The van der Waals surface area contributed by atoms with Crippen molar-refractivity contribution in [3.8, 4) is 0 Å². The number of aliphatic hydroxyl groups is 1. The van der Waals surface area contributed by atoms with Gasteiger partial charge in [-0.25, -0.2) is 0 Å². The van der Waals surface area contributed by atoms with Crippen LogP contribution in [0.4, 0.5) is 0 Å². The Labute approximate surface area is 145 Å². The molecule has 0 atom stereocenters. The lowest BCUT2D eigenvalue weighted by atomic mass is 9.89. The standard InChI is InChI=1S/C18H20ClNO4/c1-20(12-13-2-4-14(19)5-3-13)17(21)15-6-9-24-16(15)18(22)7-10-23-11-8-18/h2-6,9,22H,7-8,10-12H2,1H3. The van der Waals surface area contributed by atoms with Crippen LogP contribution < -0.4 is 0 Å². The van der Waals surface area contributed by atoms with Crippen LogP contribution in [0.3, 0.4) is 0 Å². The number of benzene rings is 1. The molecule has 3 rings (SSSR count). The van der Waals surface area contributed by atoms with Gasteiger partial charge in [-0.1, -0.05) is 23.7 Å². The SMILES string of the molecule is CN(Cc1ccc(Cl)cc1)C(=O)c1ccoc1C1(O)CCOCC1. The first kappa shape index (κ1) is 17.0. The number of furan rings is 1. The van der Waals surface area contributed by atoms with Crippen LogP contribution in [0.1, 0.15) is 34.5 Å². The molecule has 1 aliphatic rings. The molecular weight excluding hydrogens is 330 g/mol. The van der Waals surface area contributed by atoms with E-state index < -0.39 is 5.60 Å². The van der Waals surface area contributed by atoms with E-state index in [0.717, 1.165) is 5.56 Å². The van der Waals surface area contributed by atoms with E-state index in [9.17, 15) is 9.90 Å². The van der Waals surface area contributed by atoms with E-state index in [2.05, 4.69) is 0 Å². The van der Waals surface area contributed by atoms with E-state index in [-0.39, 0.29) is 5.91 Å². The summed E-state index contributed by atoms with van der Waals surface area (Å²) in [5, 5.41) is 11.5. The summed E-state index contributed by atoms with van der Waals surface area (Å²) in [4.78, 5) is 14.4. The van der Waals surface area contributed by atoms with Crippen molar-refractivity contribution >= 4 is 17.5 Å². The van der Waals surface area contributed by atoms with Crippen molar-refractivity contribution in [3.63, 3.8) is 0 Å². The summed E-state index contributed by atoms with van der Waals surface area (Å²) in [6, 6.07) is 8.97. The van der Waals surface area contributed by atoms with Gasteiger partial charge in [0.15, 0.2) is 0 Å². The van der Waals surface area contributed by atoms with Gasteiger partial charge in [0.1, 0.15) is 11.4 Å². The predicted octanol–water partition coefficient (Wildman–Crippen LogP) is 3.20. The monoisotopic (exact) mass is 349 g/mol. The Hall–Kier alpha value is -1.82. The van der Waals surface area contributed by atoms with Crippen LogP contribution in [0.15, 0.2) is 41.0 Å². The van der Waals surface area contributed by atoms with E-state index in [1.54, 1.807) is 30.1 Å². The highest BCUT2D eigenvalue weighted by atomic mass is 35.5. The van der Waals surface area contributed by atoms with Crippen molar-refractivity contribution in [2.24, 2.45) is 0 Å². The van der Waals surface area contributed by atoms with Crippen LogP contribution >= 0.6 is 11.6 Å². The first-order valence-electron chi connectivity index (χ1n) is 7.87. The Kier molecular flexibility index (Phi) is 4.94. The van der Waals surface area contributed by atoms with E-state index in [0.29, 0.717) is 48.9 Å². The average molecular weight is 350 g/mol. The summed E-state index contributed by atoms with van der Waals surface area (Å²) < 4.78 is 10.8. The molecule has 2 heterocycles. The number of hydrogen-bond acceptors (Lipinski definition) is 4. The van der Waals surface area contributed by atoms with Crippen LogP contribution in [0.5, 0.6) is 0 Å². The maximum Gasteiger partial charge on any atom is 0.257 e. The third-order valence-electron chi connectivity index (χ3n) is 4.32. The van der Waals surface area contributed by atoms with Gasteiger partial charge >= 0.3 is 0 Å². The van der Waals surface area contributed by atoms with Crippen molar-refractivity contribution in [2.75, 3.05) is 20.3 Å². The number of rotatable bonds is 4. The fourth-order valence-corrected chi connectivity index (χ4v) is 3.04. The van der Waals surface area contributed by atoms with Gasteiger partial charge in [-0.2, -0.15) is 0 Å². The molecule has 1 aromatic heterocycles. The number of carbonyl (C=O) groups excluding carboxylic acids is 1. The molecule has 5 nitrogen and oxygen atoms in total. The van der Waals surface area contributed by atoms with Gasteiger partial charge in [-0.05, 0) is 23.8 Å². The Morgan fingerprint density at radius 2 is 1.92 bits per heavy atom. The number of ether oxygens (including phenoxy) is 1. The fourth-order valence-electron chi connectivity index (χ4n) is 2.92. The molecule has 0 bridgehead atoms. The lowest BCUT2D eigenvalue weighted by molar-refractivity contribution is -0.0805. The second-order valence-corrected chi connectivity index (χ2v) is 6.53. The van der Waals surface area contributed by atoms with Crippen molar-refractivity contribution in [1.29, 1.82) is 0 Å². The third-order valence-corrected chi connectivity index (χ3v) is 4.57. The highest BCUT2D eigenvalue weighted by Gasteiger charge is 2.38. The molecule has 1 amide bonds. The Morgan fingerprint density at radius 3 is 2.58 bits per heavy atom. The molecule has 1 fully saturated rings. The lowest BCUT2D eigenvalue weighted by Gasteiger charge is -2.31. The summed E-state index contributed by atoms with van der Waals surface area (Å²) in [7, 11) is 1.72. The smallest absolute Gasteiger partial charge is 0.257 e. The largest absolute Gasteiger partial charge is 0.465 e. The van der Waals surface area contributed by atoms with Crippen LogP contribution in [0, 0.1) is 0 Å². The Morgan fingerprint density at radius 1 is 1.25 bits per heavy atom. The van der Waals surface area contributed by atoms with E-state index in [1.165, 1.54) is 6.26 Å². The summed E-state index contributed by atoms with van der Waals surface area (Å²) in [5.41, 5.74) is 0.231. The van der Waals surface area contributed by atoms with Gasteiger partial charge in [0, 0.05) is 44.7 Å². The van der Waals surface area contributed by atoms with Crippen LogP contribution in [0.2, 0.25) is 5.02 Å². The molecule has 1 saturated heterocycles. The lowest BCUT2D eigenvalue weighted by Crippen LogP contribution is -2.36. The zero-order chi connectivity index (χ0) is 17.2. The minimum atomic E-state index is -1.14. The van der Waals surface area contributed by atoms with E-state index in [4.69, 9.17) is 20.8 Å². The van der Waals surface area contributed by atoms with Gasteiger partial charge in [0.05, 0.1) is 11.8 Å². The maximum atomic E-state index is 12.8. The quantitative estimate of drug-likeness (QED) is 0.920. The first-order chi connectivity index (χ1) is 11.5. The van der Waals surface area contributed by atoms with E-state index >= 15 is 0 Å². The second kappa shape index (κ2) is 6.97. The summed E-state index contributed by atoms with van der Waals surface area (Å²) in [6.45, 7) is 1.35. The molecule has 1 N–H and O–H groups in total. The maximum absolute atomic E-state index is 12.8. The van der Waals surface area contributed by atoms with Crippen molar-refractivity contribution in [1.82, 2.24) is 4.90 Å². The van der Waals surface area contributed by atoms with Crippen LogP contribution in [-0.2, 0) is 16.9 Å².